The van der Waals surface area contributed by atoms with Crippen LogP contribution >= 0.6 is 0 Å². The number of hydrogen-bond acceptors (Lipinski definition) is 3. The lowest BCUT2D eigenvalue weighted by atomic mass is 9.97. The largest absolute Gasteiger partial charge is 0.350 e. The van der Waals surface area contributed by atoms with E-state index >= 15 is 0 Å². The first-order valence-electron chi connectivity index (χ1n) is 9.26. The van der Waals surface area contributed by atoms with Crippen LogP contribution in [0.15, 0.2) is 84.9 Å². The van der Waals surface area contributed by atoms with Gasteiger partial charge in [0.25, 0.3) is 5.91 Å². The number of ketones is 1. The van der Waals surface area contributed by atoms with Gasteiger partial charge in [0.2, 0.25) is 0 Å². The van der Waals surface area contributed by atoms with Crippen molar-refractivity contribution in [2.75, 3.05) is 20.6 Å². The zero-order valence-corrected chi connectivity index (χ0v) is 16.1. The summed E-state index contributed by atoms with van der Waals surface area (Å²) >= 11 is 0. The van der Waals surface area contributed by atoms with Gasteiger partial charge < -0.3 is 10.2 Å². The second-order valence-corrected chi connectivity index (χ2v) is 6.84. The van der Waals surface area contributed by atoms with Gasteiger partial charge in [-0.15, -0.1) is 0 Å². The van der Waals surface area contributed by atoms with Crippen LogP contribution in [0.5, 0.6) is 0 Å². The summed E-state index contributed by atoms with van der Waals surface area (Å²) in [7, 11) is 3.97. The molecule has 4 heteroatoms. The SMILES string of the molecule is CN(C)C(CNC(=O)c1ccccc1C(=O)c1ccccc1)c1ccccc1. The van der Waals surface area contributed by atoms with Crippen LogP contribution in [0.2, 0.25) is 0 Å². The predicted molar refractivity (Wildman–Crippen MR) is 112 cm³/mol. The van der Waals surface area contributed by atoms with Crippen molar-refractivity contribution in [1.29, 1.82) is 0 Å². The number of rotatable bonds is 7. The Morgan fingerprint density at radius 3 is 1.93 bits per heavy atom. The maximum Gasteiger partial charge on any atom is 0.252 e. The molecule has 3 aromatic carbocycles. The van der Waals surface area contributed by atoms with Crippen molar-refractivity contribution in [2.45, 2.75) is 6.04 Å². The van der Waals surface area contributed by atoms with E-state index in [9.17, 15) is 9.59 Å². The maximum atomic E-state index is 12.9. The molecule has 1 amide bonds. The van der Waals surface area contributed by atoms with Crippen molar-refractivity contribution in [1.82, 2.24) is 10.2 Å². The molecule has 1 N–H and O–H groups in total. The molecular formula is C24H24N2O2. The summed E-state index contributed by atoms with van der Waals surface area (Å²) in [6, 6.07) is 26.0. The first-order valence-corrected chi connectivity index (χ1v) is 9.26. The first kappa shape index (κ1) is 19.5. The minimum atomic E-state index is -0.248. The summed E-state index contributed by atoms with van der Waals surface area (Å²) in [6.07, 6.45) is 0. The molecule has 0 spiro atoms. The average molecular weight is 372 g/mol. The van der Waals surface area contributed by atoms with Crippen LogP contribution in [-0.2, 0) is 0 Å². The number of carbonyl (C=O) groups is 2. The van der Waals surface area contributed by atoms with E-state index in [1.54, 1.807) is 36.4 Å². The second kappa shape index (κ2) is 9.11. The monoisotopic (exact) mass is 372 g/mol. The highest BCUT2D eigenvalue weighted by Gasteiger charge is 2.20. The third-order valence-corrected chi connectivity index (χ3v) is 4.72. The topological polar surface area (TPSA) is 49.4 Å². The van der Waals surface area contributed by atoms with E-state index < -0.39 is 0 Å². The van der Waals surface area contributed by atoms with Crippen LogP contribution in [-0.4, -0.2) is 37.2 Å². The summed E-state index contributed by atoms with van der Waals surface area (Å²) in [5.41, 5.74) is 2.49. The highest BCUT2D eigenvalue weighted by Crippen LogP contribution is 2.18. The molecule has 0 saturated carbocycles. The average Bonchev–Trinajstić information content (AvgIpc) is 2.74. The van der Waals surface area contributed by atoms with Crippen molar-refractivity contribution in [3.8, 4) is 0 Å². The number of benzene rings is 3. The van der Waals surface area contributed by atoms with E-state index in [4.69, 9.17) is 0 Å². The Morgan fingerprint density at radius 2 is 1.32 bits per heavy atom. The molecular weight excluding hydrogens is 348 g/mol. The molecule has 0 aliphatic rings. The number of nitrogens with zero attached hydrogens (tertiary/aromatic N) is 1. The van der Waals surface area contributed by atoms with Crippen molar-refractivity contribution in [3.63, 3.8) is 0 Å². The number of carbonyl (C=O) groups excluding carboxylic acids is 2. The first-order chi connectivity index (χ1) is 13.6. The number of likely N-dealkylation sites (N-methyl/N-ethyl adjacent to an activating group) is 1. The minimum absolute atomic E-state index is 0.0436. The summed E-state index contributed by atoms with van der Waals surface area (Å²) in [5.74, 6) is -0.402. The molecule has 142 valence electrons. The van der Waals surface area contributed by atoms with Gasteiger partial charge in [0.15, 0.2) is 5.78 Å². The lowest BCUT2D eigenvalue weighted by Crippen LogP contribution is -2.35. The van der Waals surface area contributed by atoms with Crippen molar-refractivity contribution >= 4 is 11.7 Å². The number of amides is 1. The molecule has 0 saturated heterocycles. The van der Waals surface area contributed by atoms with E-state index in [2.05, 4.69) is 10.2 Å². The molecule has 3 aromatic rings. The van der Waals surface area contributed by atoms with E-state index in [-0.39, 0.29) is 17.7 Å². The molecule has 0 aliphatic carbocycles. The quantitative estimate of drug-likeness (QED) is 0.639. The fourth-order valence-corrected chi connectivity index (χ4v) is 3.18. The third-order valence-electron chi connectivity index (χ3n) is 4.72. The van der Waals surface area contributed by atoms with Crippen molar-refractivity contribution < 1.29 is 9.59 Å². The van der Waals surface area contributed by atoms with Gasteiger partial charge in [-0.3, -0.25) is 9.59 Å². The lowest BCUT2D eigenvalue weighted by molar-refractivity contribution is 0.0931. The molecule has 0 radical (unpaired) electrons. The molecule has 0 aromatic heterocycles. The summed E-state index contributed by atoms with van der Waals surface area (Å²) < 4.78 is 0. The zero-order chi connectivity index (χ0) is 19.9. The van der Waals surface area contributed by atoms with Crippen molar-refractivity contribution in [2.24, 2.45) is 0 Å². The number of nitrogens with one attached hydrogen (secondary N) is 1. The van der Waals surface area contributed by atoms with E-state index in [0.29, 0.717) is 23.2 Å². The van der Waals surface area contributed by atoms with Gasteiger partial charge in [-0.05, 0) is 25.7 Å². The van der Waals surface area contributed by atoms with Gasteiger partial charge in [-0.2, -0.15) is 0 Å². The molecule has 28 heavy (non-hydrogen) atoms. The molecule has 0 bridgehead atoms. The fourth-order valence-electron chi connectivity index (χ4n) is 3.18. The molecule has 0 aliphatic heterocycles. The van der Waals surface area contributed by atoms with Gasteiger partial charge in [0.05, 0.1) is 11.6 Å². The van der Waals surface area contributed by atoms with Crippen LogP contribution in [0, 0.1) is 0 Å². The normalized spacial score (nSPS) is 11.8. The Bertz CT molecular complexity index is 937. The molecule has 3 rings (SSSR count). The van der Waals surface area contributed by atoms with Gasteiger partial charge in [-0.1, -0.05) is 78.9 Å². The van der Waals surface area contributed by atoms with Crippen LogP contribution in [0.25, 0.3) is 0 Å². The standard InChI is InChI=1S/C24H24N2O2/c1-26(2)22(18-11-5-3-6-12-18)17-25-24(28)21-16-10-9-15-20(21)23(27)19-13-7-4-8-14-19/h3-16,22H,17H2,1-2H3,(H,25,28). The highest BCUT2D eigenvalue weighted by atomic mass is 16.2. The Kier molecular flexibility index (Phi) is 6.35. The summed E-state index contributed by atoms with van der Waals surface area (Å²) in [4.78, 5) is 27.8. The molecule has 1 unspecified atom stereocenters. The van der Waals surface area contributed by atoms with Crippen LogP contribution < -0.4 is 5.32 Å². The van der Waals surface area contributed by atoms with Crippen LogP contribution in [0.1, 0.15) is 37.9 Å². The maximum absolute atomic E-state index is 12.9. The Morgan fingerprint density at radius 1 is 0.786 bits per heavy atom. The van der Waals surface area contributed by atoms with Crippen LogP contribution in [0.4, 0.5) is 0 Å². The Labute approximate surface area is 165 Å². The van der Waals surface area contributed by atoms with Crippen LogP contribution in [0.3, 0.4) is 0 Å². The van der Waals surface area contributed by atoms with Crippen molar-refractivity contribution in [3.05, 3.63) is 107 Å². The summed E-state index contributed by atoms with van der Waals surface area (Å²) in [6.45, 7) is 0.448. The smallest absolute Gasteiger partial charge is 0.252 e. The molecule has 1 atom stereocenters. The zero-order valence-electron chi connectivity index (χ0n) is 16.1. The minimum Gasteiger partial charge on any atom is -0.350 e. The summed E-state index contributed by atoms with van der Waals surface area (Å²) in [5, 5.41) is 2.99. The van der Waals surface area contributed by atoms with Gasteiger partial charge in [-0.25, -0.2) is 0 Å². The van der Waals surface area contributed by atoms with Gasteiger partial charge >= 0.3 is 0 Å². The number of hydrogen-bond donors (Lipinski definition) is 1. The van der Waals surface area contributed by atoms with E-state index in [1.807, 2.05) is 62.6 Å². The fraction of sp³-hybridized carbons (Fsp3) is 0.167. The van der Waals surface area contributed by atoms with Gasteiger partial charge in [0, 0.05) is 17.7 Å². The predicted octanol–water partition coefficient (Wildman–Crippen LogP) is 3.95. The highest BCUT2D eigenvalue weighted by molar-refractivity contribution is 6.15. The van der Waals surface area contributed by atoms with E-state index in [1.165, 1.54) is 0 Å². The Hall–Kier alpha value is -3.24. The second-order valence-electron chi connectivity index (χ2n) is 6.84. The molecule has 0 heterocycles. The molecule has 0 fully saturated rings. The third kappa shape index (κ3) is 4.53. The lowest BCUT2D eigenvalue weighted by Gasteiger charge is -2.25. The van der Waals surface area contributed by atoms with Gasteiger partial charge in [0.1, 0.15) is 0 Å². The Balaban J connectivity index is 1.79. The molecule has 4 nitrogen and oxygen atoms in total. The van der Waals surface area contributed by atoms with E-state index in [0.717, 1.165) is 5.56 Å².